The summed E-state index contributed by atoms with van der Waals surface area (Å²) in [6, 6.07) is 3.81. The minimum absolute atomic E-state index is 0.0809. The number of aromatic nitrogens is 2. The summed E-state index contributed by atoms with van der Waals surface area (Å²) in [7, 11) is 0. The van der Waals surface area contributed by atoms with Crippen LogP contribution >= 0.6 is 0 Å². The summed E-state index contributed by atoms with van der Waals surface area (Å²) in [5, 5.41) is 16.6. The Balaban J connectivity index is 1.93. The smallest absolute Gasteiger partial charge is 0.256 e. The van der Waals surface area contributed by atoms with Crippen molar-refractivity contribution < 1.29 is 23.6 Å². The van der Waals surface area contributed by atoms with Crippen LogP contribution in [0.5, 0.6) is 5.75 Å². The molecule has 0 saturated carbocycles. The summed E-state index contributed by atoms with van der Waals surface area (Å²) >= 11 is 0. The van der Waals surface area contributed by atoms with E-state index in [0.717, 1.165) is 6.07 Å². The molecule has 0 aliphatic carbocycles. The van der Waals surface area contributed by atoms with Gasteiger partial charge in [-0.1, -0.05) is 25.1 Å². The third-order valence-corrected chi connectivity index (χ3v) is 4.30. The molecule has 0 spiro atoms. The van der Waals surface area contributed by atoms with Crippen molar-refractivity contribution in [3.8, 4) is 5.75 Å². The van der Waals surface area contributed by atoms with Crippen LogP contribution < -0.4 is 5.32 Å². The van der Waals surface area contributed by atoms with E-state index in [9.17, 15) is 14.3 Å². The summed E-state index contributed by atoms with van der Waals surface area (Å²) in [5.41, 5.74) is -1.05. The van der Waals surface area contributed by atoms with Gasteiger partial charge in [0.1, 0.15) is 5.54 Å². The molecule has 1 aliphatic heterocycles. The number of rotatable bonds is 4. The lowest BCUT2D eigenvalue weighted by Crippen LogP contribution is -2.49. The third kappa shape index (κ3) is 3.34. The molecule has 1 aliphatic rings. The van der Waals surface area contributed by atoms with Gasteiger partial charge in [-0.2, -0.15) is 4.98 Å². The lowest BCUT2D eigenvalue weighted by atomic mass is 9.89. The maximum atomic E-state index is 13.5. The van der Waals surface area contributed by atoms with Crippen LogP contribution in [0.3, 0.4) is 0 Å². The fourth-order valence-corrected chi connectivity index (χ4v) is 2.76. The molecule has 2 heterocycles. The van der Waals surface area contributed by atoms with E-state index in [1.54, 1.807) is 0 Å². The molecule has 0 unspecified atom stereocenters. The van der Waals surface area contributed by atoms with Gasteiger partial charge in [0.15, 0.2) is 17.4 Å². The van der Waals surface area contributed by atoms with Crippen molar-refractivity contribution in [2.24, 2.45) is 0 Å². The van der Waals surface area contributed by atoms with Crippen molar-refractivity contribution in [1.29, 1.82) is 0 Å². The van der Waals surface area contributed by atoms with E-state index >= 15 is 0 Å². The van der Waals surface area contributed by atoms with Gasteiger partial charge in [-0.05, 0) is 12.1 Å². The summed E-state index contributed by atoms with van der Waals surface area (Å²) in [5.74, 6) is -1.22. The van der Waals surface area contributed by atoms with Crippen LogP contribution in [0.4, 0.5) is 4.39 Å². The van der Waals surface area contributed by atoms with E-state index in [4.69, 9.17) is 9.26 Å². The number of halogens is 1. The number of phenolic OH excluding ortho intramolecular Hbond substituents is 1. The number of aromatic hydroxyl groups is 1. The van der Waals surface area contributed by atoms with Gasteiger partial charge in [0.25, 0.3) is 11.8 Å². The van der Waals surface area contributed by atoms with Crippen LogP contribution in [0.2, 0.25) is 0 Å². The minimum atomic E-state index is -0.909. The number of para-hydroxylation sites is 1. The van der Waals surface area contributed by atoms with E-state index in [0.29, 0.717) is 37.8 Å². The van der Waals surface area contributed by atoms with Gasteiger partial charge < -0.3 is 19.7 Å². The maximum absolute atomic E-state index is 13.5. The maximum Gasteiger partial charge on any atom is 0.256 e. The Hall–Kier alpha value is -2.48. The Morgan fingerprint density at radius 3 is 2.72 bits per heavy atom. The topological polar surface area (TPSA) is 97.5 Å². The first-order valence-electron chi connectivity index (χ1n) is 8.15. The first-order valence-corrected chi connectivity index (χ1v) is 8.15. The van der Waals surface area contributed by atoms with Crippen LogP contribution in [-0.2, 0) is 10.3 Å². The molecule has 0 bridgehead atoms. The Kier molecular flexibility index (Phi) is 4.71. The van der Waals surface area contributed by atoms with Gasteiger partial charge >= 0.3 is 0 Å². The van der Waals surface area contributed by atoms with Gasteiger partial charge in [0.2, 0.25) is 0 Å². The minimum Gasteiger partial charge on any atom is -0.504 e. The predicted molar refractivity (Wildman–Crippen MR) is 85.6 cm³/mol. The van der Waals surface area contributed by atoms with Gasteiger partial charge in [0.05, 0.1) is 5.56 Å². The molecular weight excluding hydrogens is 329 g/mol. The van der Waals surface area contributed by atoms with E-state index < -0.39 is 23.0 Å². The third-order valence-electron chi connectivity index (χ3n) is 4.30. The Morgan fingerprint density at radius 1 is 1.36 bits per heavy atom. The van der Waals surface area contributed by atoms with Gasteiger partial charge in [-0.3, -0.25) is 4.79 Å². The molecule has 1 fully saturated rings. The molecule has 1 saturated heterocycles. The zero-order valence-electron chi connectivity index (χ0n) is 14.1. The highest BCUT2D eigenvalue weighted by Gasteiger charge is 2.42. The molecule has 7 nitrogen and oxygen atoms in total. The van der Waals surface area contributed by atoms with Crippen LogP contribution in [0.1, 0.15) is 54.7 Å². The number of ether oxygens (including phenoxy) is 1. The summed E-state index contributed by atoms with van der Waals surface area (Å²) in [4.78, 5) is 17.0. The number of nitrogens with one attached hydrogen (secondary N) is 1. The Morgan fingerprint density at radius 2 is 2.08 bits per heavy atom. The second kappa shape index (κ2) is 6.79. The molecule has 2 aromatic rings. The molecular formula is C17H20FN3O4. The molecule has 1 aromatic carbocycles. The standard InChI is InChI=1S/C17H20FN3O4/c1-10(2)14-19-16(25-21-14)17(6-8-24-9-7-17)20-15(23)11-4-3-5-12(18)13(11)22/h3-5,10,22H,6-9H2,1-2H3,(H,20,23). The van der Waals surface area contributed by atoms with Crippen LogP contribution in [0.25, 0.3) is 0 Å². The number of phenols is 1. The van der Waals surface area contributed by atoms with Crippen LogP contribution in [0.15, 0.2) is 22.7 Å². The van der Waals surface area contributed by atoms with Crippen molar-refractivity contribution in [3.05, 3.63) is 41.3 Å². The monoisotopic (exact) mass is 349 g/mol. The average molecular weight is 349 g/mol. The number of nitrogens with zero attached hydrogens (tertiary/aromatic N) is 2. The fourth-order valence-electron chi connectivity index (χ4n) is 2.76. The lowest BCUT2D eigenvalue weighted by Gasteiger charge is -2.34. The number of amides is 1. The zero-order valence-corrected chi connectivity index (χ0v) is 14.1. The molecule has 25 heavy (non-hydrogen) atoms. The van der Waals surface area contributed by atoms with Gasteiger partial charge in [-0.15, -0.1) is 0 Å². The molecule has 0 atom stereocenters. The number of hydrogen-bond acceptors (Lipinski definition) is 6. The molecule has 134 valence electrons. The highest BCUT2D eigenvalue weighted by molar-refractivity contribution is 5.97. The molecule has 2 N–H and O–H groups in total. The average Bonchev–Trinajstić information content (AvgIpc) is 3.09. The zero-order chi connectivity index (χ0) is 18.0. The van der Waals surface area contributed by atoms with Crippen molar-refractivity contribution in [3.63, 3.8) is 0 Å². The molecule has 3 rings (SSSR count). The molecule has 1 aromatic heterocycles. The molecule has 1 amide bonds. The summed E-state index contributed by atoms with van der Waals surface area (Å²) in [6.45, 7) is 4.70. The molecule has 8 heteroatoms. The normalized spacial score (nSPS) is 16.8. The first-order chi connectivity index (χ1) is 11.9. The molecule has 0 radical (unpaired) electrons. The van der Waals surface area contributed by atoms with Crippen molar-refractivity contribution in [2.75, 3.05) is 13.2 Å². The van der Waals surface area contributed by atoms with Crippen LogP contribution in [0, 0.1) is 5.82 Å². The van der Waals surface area contributed by atoms with Crippen molar-refractivity contribution in [2.45, 2.75) is 38.1 Å². The second-order valence-electron chi connectivity index (χ2n) is 6.40. The highest BCUT2D eigenvalue weighted by atomic mass is 19.1. The second-order valence-corrected chi connectivity index (χ2v) is 6.40. The Labute approximate surface area is 144 Å². The number of carbonyl (C=O) groups is 1. The van der Waals surface area contributed by atoms with E-state index in [1.165, 1.54) is 12.1 Å². The quantitative estimate of drug-likeness (QED) is 0.880. The van der Waals surface area contributed by atoms with Gasteiger partial charge in [-0.25, -0.2) is 4.39 Å². The van der Waals surface area contributed by atoms with E-state index in [-0.39, 0.29) is 11.5 Å². The fraction of sp³-hybridized carbons (Fsp3) is 0.471. The van der Waals surface area contributed by atoms with Crippen molar-refractivity contribution in [1.82, 2.24) is 15.5 Å². The van der Waals surface area contributed by atoms with Gasteiger partial charge in [0, 0.05) is 32.0 Å². The van der Waals surface area contributed by atoms with Crippen molar-refractivity contribution >= 4 is 5.91 Å². The summed E-state index contributed by atoms with van der Waals surface area (Å²) < 4.78 is 24.3. The highest BCUT2D eigenvalue weighted by Crippen LogP contribution is 2.33. The van der Waals surface area contributed by atoms with E-state index in [2.05, 4.69) is 15.5 Å². The number of carbonyl (C=O) groups excluding carboxylic acids is 1. The number of hydrogen-bond donors (Lipinski definition) is 2. The SMILES string of the molecule is CC(C)c1noc(C2(NC(=O)c3cccc(F)c3O)CCOCC2)n1. The lowest BCUT2D eigenvalue weighted by molar-refractivity contribution is 0.0221. The first kappa shape index (κ1) is 17.3. The van der Waals surface area contributed by atoms with E-state index in [1.807, 2.05) is 13.8 Å². The van der Waals surface area contributed by atoms with Crippen LogP contribution in [-0.4, -0.2) is 34.4 Å². The Bertz CT molecular complexity index is 769. The summed E-state index contributed by atoms with van der Waals surface area (Å²) in [6.07, 6.45) is 0.878. The largest absolute Gasteiger partial charge is 0.504 e. The number of benzene rings is 1. The predicted octanol–water partition coefficient (Wildman–Crippen LogP) is 2.47.